The van der Waals surface area contributed by atoms with Crippen molar-refractivity contribution in [3.05, 3.63) is 41.3 Å². The summed E-state index contributed by atoms with van der Waals surface area (Å²) in [6.45, 7) is 0. The van der Waals surface area contributed by atoms with Gasteiger partial charge in [0.2, 0.25) is 5.91 Å². The smallest absolute Gasteiger partial charge is 0.225 e. The SMILES string of the molecule is N#Cc1ccsc1NC(=O)CCSc1ccccc1O. The highest BCUT2D eigenvalue weighted by molar-refractivity contribution is 7.99. The van der Waals surface area contributed by atoms with Crippen LogP contribution in [0.25, 0.3) is 0 Å². The fourth-order valence-corrected chi connectivity index (χ4v) is 3.17. The number of nitriles is 1. The number of hydrogen-bond donors (Lipinski definition) is 2. The van der Waals surface area contributed by atoms with Gasteiger partial charge in [-0.25, -0.2) is 0 Å². The van der Waals surface area contributed by atoms with Crippen molar-refractivity contribution in [2.75, 3.05) is 11.1 Å². The molecule has 0 aliphatic rings. The molecule has 0 radical (unpaired) electrons. The summed E-state index contributed by atoms with van der Waals surface area (Å²) >= 11 is 2.76. The van der Waals surface area contributed by atoms with Gasteiger partial charge in [0.05, 0.1) is 5.56 Å². The van der Waals surface area contributed by atoms with E-state index in [2.05, 4.69) is 5.32 Å². The zero-order chi connectivity index (χ0) is 14.4. The van der Waals surface area contributed by atoms with Crippen LogP contribution in [-0.4, -0.2) is 16.8 Å². The summed E-state index contributed by atoms with van der Waals surface area (Å²) in [5.41, 5.74) is 0.483. The van der Waals surface area contributed by atoms with Crippen LogP contribution in [0.15, 0.2) is 40.6 Å². The number of benzene rings is 1. The van der Waals surface area contributed by atoms with Crippen LogP contribution in [0.1, 0.15) is 12.0 Å². The first kappa shape index (κ1) is 14.4. The highest BCUT2D eigenvalue weighted by atomic mass is 32.2. The van der Waals surface area contributed by atoms with Crippen LogP contribution in [0, 0.1) is 11.3 Å². The van der Waals surface area contributed by atoms with E-state index in [1.165, 1.54) is 23.1 Å². The Bertz CT molecular complexity index is 647. The average molecular weight is 304 g/mol. The third kappa shape index (κ3) is 3.76. The number of thiophene rings is 1. The molecule has 20 heavy (non-hydrogen) atoms. The molecule has 2 rings (SSSR count). The van der Waals surface area contributed by atoms with E-state index < -0.39 is 0 Å². The minimum atomic E-state index is -0.133. The Kier molecular flexibility index (Phi) is 5.04. The molecule has 1 amide bonds. The number of hydrogen-bond acceptors (Lipinski definition) is 5. The number of thioether (sulfide) groups is 1. The molecular weight excluding hydrogens is 292 g/mol. The zero-order valence-corrected chi connectivity index (χ0v) is 12.1. The molecule has 0 saturated carbocycles. The van der Waals surface area contributed by atoms with E-state index in [0.717, 1.165) is 4.90 Å². The molecule has 0 spiro atoms. The largest absolute Gasteiger partial charge is 0.507 e. The Morgan fingerprint density at radius 1 is 1.40 bits per heavy atom. The van der Waals surface area contributed by atoms with Gasteiger partial charge in [0, 0.05) is 17.1 Å². The summed E-state index contributed by atoms with van der Waals surface area (Å²) in [5.74, 6) is 0.659. The number of rotatable bonds is 5. The lowest BCUT2D eigenvalue weighted by Crippen LogP contribution is -2.11. The first-order valence-electron chi connectivity index (χ1n) is 5.89. The summed E-state index contributed by atoms with van der Waals surface area (Å²) < 4.78 is 0. The van der Waals surface area contributed by atoms with Crippen LogP contribution in [0.5, 0.6) is 5.75 Å². The summed E-state index contributed by atoms with van der Waals surface area (Å²) in [4.78, 5) is 12.5. The van der Waals surface area contributed by atoms with Crippen molar-refractivity contribution < 1.29 is 9.90 Å². The maximum absolute atomic E-state index is 11.8. The maximum atomic E-state index is 11.8. The molecule has 6 heteroatoms. The van der Waals surface area contributed by atoms with Crippen LogP contribution in [0.4, 0.5) is 5.00 Å². The second kappa shape index (κ2) is 6.98. The number of carbonyl (C=O) groups is 1. The molecule has 2 N–H and O–H groups in total. The molecule has 0 aliphatic carbocycles. The third-order valence-electron chi connectivity index (χ3n) is 2.49. The molecule has 1 aromatic heterocycles. The molecule has 102 valence electrons. The second-order valence-corrected chi connectivity index (χ2v) is 5.94. The van der Waals surface area contributed by atoms with Crippen molar-refractivity contribution in [1.82, 2.24) is 0 Å². The Morgan fingerprint density at radius 2 is 2.20 bits per heavy atom. The molecule has 0 atom stereocenters. The lowest BCUT2D eigenvalue weighted by atomic mass is 10.3. The molecule has 0 bridgehead atoms. The van der Waals surface area contributed by atoms with Gasteiger partial charge in [-0.1, -0.05) is 12.1 Å². The van der Waals surface area contributed by atoms with Gasteiger partial charge in [-0.2, -0.15) is 5.26 Å². The van der Waals surface area contributed by atoms with Crippen LogP contribution < -0.4 is 5.32 Å². The summed E-state index contributed by atoms with van der Waals surface area (Å²) in [6.07, 6.45) is 0.321. The summed E-state index contributed by atoms with van der Waals surface area (Å²) in [5, 5.41) is 23.5. The van der Waals surface area contributed by atoms with Crippen LogP contribution in [0.2, 0.25) is 0 Å². The van der Waals surface area contributed by atoms with E-state index in [-0.39, 0.29) is 11.7 Å². The van der Waals surface area contributed by atoms with E-state index >= 15 is 0 Å². The second-order valence-electron chi connectivity index (χ2n) is 3.89. The quantitative estimate of drug-likeness (QED) is 0.830. The predicted octanol–water partition coefficient (Wildman–Crippen LogP) is 3.45. The maximum Gasteiger partial charge on any atom is 0.225 e. The van der Waals surface area contributed by atoms with Gasteiger partial charge in [0.25, 0.3) is 0 Å². The van der Waals surface area contributed by atoms with Crippen molar-refractivity contribution in [1.29, 1.82) is 5.26 Å². The highest BCUT2D eigenvalue weighted by Crippen LogP contribution is 2.28. The van der Waals surface area contributed by atoms with E-state index in [4.69, 9.17) is 5.26 Å². The van der Waals surface area contributed by atoms with E-state index in [1.54, 1.807) is 23.6 Å². The first-order valence-corrected chi connectivity index (χ1v) is 7.75. The van der Waals surface area contributed by atoms with Crippen molar-refractivity contribution >= 4 is 34.0 Å². The summed E-state index contributed by atoms with van der Waals surface area (Å²) in [7, 11) is 0. The van der Waals surface area contributed by atoms with Crippen LogP contribution in [-0.2, 0) is 4.79 Å². The number of aromatic hydroxyl groups is 1. The molecule has 0 fully saturated rings. The van der Waals surface area contributed by atoms with Gasteiger partial charge < -0.3 is 10.4 Å². The lowest BCUT2D eigenvalue weighted by Gasteiger charge is -2.05. The standard InChI is InChI=1S/C14H12N2O2S2/c15-9-10-5-7-20-14(10)16-13(18)6-8-19-12-4-2-1-3-11(12)17/h1-5,7,17H,6,8H2,(H,16,18). The van der Waals surface area contributed by atoms with Crippen molar-refractivity contribution in [3.63, 3.8) is 0 Å². The number of phenolic OH excluding ortho intramolecular Hbond substituents is 1. The summed E-state index contributed by atoms with van der Waals surface area (Å²) in [6, 6.07) is 10.7. The third-order valence-corrected chi connectivity index (χ3v) is 4.38. The Balaban J connectivity index is 1.82. The van der Waals surface area contributed by atoms with Gasteiger partial charge in [-0.15, -0.1) is 23.1 Å². The molecule has 4 nitrogen and oxygen atoms in total. The fraction of sp³-hybridized carbons (Fsp3) is 0.143. The molecule has 2 aromatic rings. The Morgan fingerprint density at radius 3 is 2.95 bits per heavy atom. The van der Waals surface area contributed by atoms with Crippen molar-refractivity contribution in [2.24, 2.45) is 0 Å². The molecule has 1 aromatic carbocycles. The van der Waals surface area contributed by atoms with E-state index in [1.807, 2.05) is 18.2 Å². The predicted molar refractivity (Wildman–Crippen MR) is 81.1 cm³/mol. The number of nitrogens with one attached hydrogen (secondary N) is 1. The van der Waals surface area contributed by atoms with Gasteiger partial charge >= 0.3 is 0 Å². The van der Waals surface area contributed by atoms with Crippen molar-refractivity contribution in [3.8, 4) is 11.8 Å². The number of carbonyl (C=O) groups excluding carboxylic acids is 1. The normalized spacial score (nSPS) is 9.95. The number of amides is 1. The molecular formula is C14H12N2O2S2. The lowest BCUT2D eigenvalue weighted by molar-refractivity contribution is -0.115. The number of para-hydroxylation sites is 1. The molecule has 0 unspecified atom stereocenters. The zero-order valence-electron chi connectivity index (χ0n) is 10.5. The van der Waals surface area contributed by atoms with Crippen LogP contribution >= 0.6 is 23.1 Å². The van der Waals surface area contributed by atoms with Crippen molar-refractivity contribution in [2.45, 2.75) is 11.3 Å². The van der Waals surface area contributed by atoms with E-state index in [0.29, 0.717) is 22.7 Å². The first-order chi connectivity index (χ1) is 9.70. The van der Waals surface area contributed by atoms with Crippen LogP contribution in [0.3, 0.4) is 0 Å². The minimum absolute atomic E-state index is 0.133. The monoisotopic (exact) mass is 304 g/mol. The van der Waals surface area contributed by atoms with Gasteiger partial charge in [-0.3, -0.25) is 4.79 Å². The minimum Gasteiger partial charge on any atom is -0.507 e. The molecule has 0 saturated heterocycles. The number of phenols is 1. The Labute approximate surface area is 125 Å². The average Bonchev–Trinajstić information content (AvgIpc) is 2.88. The number of anilines is 1. The van der Waals surface area contributed by atoms with Gasteiger partial charge in [0.15, 0.2) is 0 Å². The van der Waals surface area contributed by atoms with Gasteiger partial charge in [-0.05, 0) is 23.6 Å². The fourth-order valence-electron chi connectivity index (χ4n) is 1.52. The van der Waals surface area contributed by atoms with Gasteiger partial charge in [0.1, 0.15) is 16.8 Å². The number of nitrogens with zero attached hydrogens (tertiary/aromatic N) is 1. The molecule has 0 aliphatic heterocycles. The van der Waals surface area contributed by atoms with E-state index in [9.17, 15) is 9.90 Å². The topological polar surface area (TPSA) is 73.1 Å². The Hall–Kier alpha value is -1.97. The highest BCUT2D eigenvalue weighted by Gasteiger charge is 2.08. The molecule has 1 heterocycles.